The van der Waals surface area contributed by atoms with Crippen LogP contribution in [0.1, 0.15) is 36.9 Å². The Balaban J connectivity index is 1.41. The van der Waals surface area contributed by atoms with Crippen LogP contribution in [0, 0.1) is 12.7 Å². The molecule has 3 heterocycles. The summed E-state index contributed by atoms with van der Waals surface area (Å²) in [6.45, 7) is 5.42. The molecule has 1 N–H and O–H groups in total. The van der Waals surface area contributed by atoms with E-state index in [4.69, 9.17) is 4.74 Å². The number of thiazole rings is 1. The van der Waals surface area contributed by atoms with Gasteiger partial charge in [0, 0.05) is 30.1 Å². The van der Waals surface area contributed by atoms with Gasteiger partial charge in [-0.2, -0.15) is 8.42 Å². The van der Waals surface area contributed by atoms with Gasteiger partial charge in [-0.1, -0.05) is 30.3 Å². The fourth-order valence-electron chi connectivity index (χ4n) is 3.80. The van der Waals surface area contributed by atoms with Crippen molar-refractivity contribution in [3.63, 3.8) is 0 Å². The van der Waals surface area contributed by atoms with E-state index in [1.54, 1.807) is 0 Å². The van der Waals surface area contributed by atoms with E-state index < -0.39 is 20.9 Å². The van der Waals surface area contributed by atoms with Crippen LogP contribution in [0.2, 0.25) is 0 Å². The van der Waals surface area contributed by atoms with Crippen LogP contribution >= 0.6 is 11.3 Å². The molecule has 170 valence electrons. The van der Waals surface area contributed by atoms with Gasteiger partial charge >= 0.3 is 0 Å². The zero-order valence-electron chi connectivity index (χ0n) is 17.9. The number of piperidine rings is 1. The molecule has 32 heavy (non-hydrogen) atoms. The highest BCUT2D eigenvalue weighted by Gasteiger charge is 2.28. The minimum Gasteiger partial charge on any atom is -0.488 e. The highest BCUT2D eigenvalue weighted by atomic mass is 32.2. The lowest BCUT2D eigenvalue weighted by Gasteiger charge is -2.36. The first kappa shape index (κ1) is 22.6. The van der Waals surface area contributed by atoms with Gasteiger partial charge in [0.1, 0.15) is 11.9 Å². The van der Waals surface area contributed by atoms with Crippen LogP contribution in [0.5, 0.6) is 5.75 Å². The molecule has 2 aromatic heterocycles. The molecule has 1 aliphatic rings. The summed E-state index contributed by atoms with van der Waals surface area (Å²) in [5.41, 5.74) is 2.88. The minimum absolute atomic E-state index is 0.0790. The first-order valence-corrected chi connectivity index (χ1v) is 12.8. The number of rotatable bonds is 7. The largest absolute Gasteiger partial charge is 0.488 e. The molecule has 0 aliphatic carbocycles. The Bertz CT molecular complexity index is 1150. The van der Waals surface area contributed by atoms with Gasteiger partial charge in [-0.05, 0) is 32.3 Å². The predicted molar refractivity (Wildman–Crippen MR) is 122 cm³/mol. The summed E-state index contributed by atoms with van der Waals surface area (Å²) in [6, 6.07) is 10.7. The summed E-state index contributed by atoms with van der Waals surface area (Å²) in [5, 5.41) is 0.854. The van der Waals surface area contributed by atoms with Crippen LogP contribution in [-0.2, 0) is 10.0 Å². The van der Waals surface area contributed by atoms with Crippen molar-refractivity contribution in [2.75, 3.05) is 17.8 Å². The summed E-state index contributed by atoms with van der Waals surface area (Å²) in [6.07, 6.45) is 2.80. The van der Waals surface area contributed by atoms with Gasteiger partial charge in [0.15, 0.2) is 11.6 Å². The van der Waals surface area contributed by atoms with E-state index in [0.29, 0.717) is 6.04 Å². The van der Waals surface area contributed by atoms with Gasteiger partial charge in [-0.3, -0.25) is 9.62 Å². The summed E-state index contributed by atoms with van der Waals surface area (Å²) >= 11 is 1.23. The lowest BCUT2D eigenvalue weighted by molar-refractivity contribution is 0.0787. The van der Waals surface area contributed by atoms with Crippen LogP contribution in [0.3, 0.4) is 0 Å². The third-order valence-electron chi connectivity index (χ3n) is 5.71. The maximum Gasteiger partial charge on any atom is 0.283 e. The molecular formula is C22H25FN4O3S2. The van der Waals surface area contributed by atoms with E-state index in [9.17, 15) is 12.8 Å². The van der Waals surface area contributed by atoms with Gasteiger partial charge in [-0.25, -0.2) is 14.4 Å². The first-order valence-electron chi connectivity index (χ1n) is 10.4. The quantitative estimate of drug-likeness (QED) is 0.544. The number of likely N-dealkylation sites (tertiary alicyclic amines) is 1. The fourth-order valence-corrected chi connectivity index (χ4v) is 5.42. The normalized spacial score (nSPS) is 16.6. The molecule has 0 radical (unpaired) electrons. The molecule has 1 saturated heterocycles. The monoisotopic (exact) mass is 476 g/mol. The second-order valence-electron chi connectivity index (χ2n) is 7.79. The van der Waals surface area contributed by atoms with Crippen LogP contribution in [0.15, 0.2) is 52.4 Å². The average Bonchev–Trinajstić information content (AvgIpc) is 3.30. The van der Waals surface area contributed by atoms with E-state index in [1.807, 2.05) is 18.2 Å². The first-order chi connectivity index (χ1) is 15.3. The minimum atomic E-state index is -4.18. The Hall–Kier alpha value is -2.56. The number of hydrogen-bond donors (Lipinski definition) is 1. The molecule has 1 aliphatic heterocycles. The summed E-state index contributed by atoms with van der Waals surface area (Å²) in [5.74, 6) is -0.518. The lowest BCUT2D eigenvalue weighted by Crippen LogP contribution is -2.39. The van der Waals surface area contributed by atoms with Crippen molar-refractivity contribution in [3.05, 3.63) is 64.4 Å². The zero-order chi connectivity index (χ0) is 22.7. The van der Waals surface area contributed by atoms with Crippen molar-refractivity contribution in [2.24, 2.45) is 0 Å². The number of ether oxygens (including phenoxy) is 1. The molecule has 1 atom stereocenters. The van der Waals surface area contributed by atoms with Crippen LogP contribution in [0.25, 0.3) is 0 Å². The maximum absolute atomic E-state index is 14.9. The van der Waals surface area contributed by atoms with Crippen LogP contribution in [-0.4, -0.2) is 42.5 Å². The highest BCUT2D eigenvalue weighted by molar-refractivity contribution is 7.92. The average molecular weight is 477 g/mol. The number of sulfonamides is 1. The number of hydrogen-bond acceptors (Lipinski definition) is 7. The molecule has 1 fully saturated rings. The van der Waals surface area contributed by atoms with Gasteiger partial charge in [0.05, 0.1) is 11.7 Å². The van der Waals surface area contributed by atoms with Crippen molar-refractivity contribution >= 4 is 27.2 Å². The zero-order valence-corrected chi connectivity index (χ0v) is 19.5. The van der Waals surface area contributed by atoms with E-state index >= 15 is 0 Å². The molecule has 0 saturated carbocycles. The molecule has 0 spiro atoms. The van der Waals surface area contributed by atoms with E-state index in [-0.39, 0.29) is 23.2 Å². The lowest BCUT2D eigenvalue weighted by atomic mass is 10.0. The number of nitrogens with one attached hydrogen (secondary N) is 1. The van der Waals surface area contributed by atoms with Crippen molar-refractivity contribution in [1.82, 2.24) is 14.9 Å². The Morgan fingerprint density at radius 3 is 2.59 bits per heavy atom. The van der Waals surface area contributed by atoms with E-state index in [0.717, 1.165) is 25.9 Å². The number of anilines is 1. The van der Waals surface area contributed by atoms with Gasteiger partial charge in [0.25, 0.3) is 10.0 Å². The molecule has 1 unspecified atom stereocenters. The van der Waals surface area contributed by atoms with Crippen LogP contribution in [0.4, 0.5) is 10.2 Å². The van der Waals surface area contributed by atoms with Crippen LogP contribution < -0.4 is 9.46 Å². The molecular weight excluding hydrogens is 451 g/mol. The summed E-state index contributed by atoms with van der Waals surface area (Å²) < 4.78 is 48.2. The highest BCUT2D eigenvalue weighted by Crippen LogP contribution is 2.29. The molecule has 1 aromatic carbocycles. The Kier molecular flexibility index (Phi) is 6.73. The Morgan fingerprint density at radius 1 is 1.22 bits per heavy atom. The van der Waals surface area contributed by atoms with Crippen molar-refractivity contribution in [1.29, 1.82) is 0 Å². The standard InChI is InChI=1S/C22H25FN4O3S2/c1-15-19(12-24-22(21(15)23)32(28,29)26-20-13-31-14-25-20)30-18-8-10-27(11-9-18)16(2)17-6-4-3-5-7-17/h3-7,12-14,16,18,26H,8-11H2,1-2H3. The van der Waals surface area contributed by atoms with E-state index in [1.165, 1.54) is 40.9 Å². The summed E-state index contributed by atoms with van der Waals surface area (Å²) in [4.78, 5) is 10.1. The Morgan fingerprint density at radius 2 is 1.94 bits per heavy atom. The molecule has 0 bridgehead atoms. The topological polar surface area (TPSA) is 84.4 Å². The molecule has 4 rings (SSSR count). The second-order valence-corrected chi connectivity index (χ2v) is 10.1. The van der Waals surface area contributed by atoms with Gasteiger partial charge < -0.3 is 4.74 Å². The number of nitrogens with zero attached hydrogens (tertiary/aromatic N) is 3. The number of pyridine rings is 1. The third-order valence-corrected chi connectivity index (χ3v) is 7.57. The smallest absolute Gasteiger partial charge is 0.283 e. The van der Waals surface area contributed by atoms with Crippen molar-refractivity contribution < 1.29 is 17.5 Å². The molecule has 7 nitrogen and oxygen atoms in total. The van der Waals surface area contributed by atoms with Gasteiger partial charge in [-0.15, -0.1) is 11.3 Å². The third kappa shape index (κ3) is 4.92. The number of benzene rings is 1. The fraction of sp³-hybridized carbons (Fsp3) is 0.364. The van der Waals surface area contributed by atoms with Crippen molar-refractivity contribution in [2.45, 2.75) is 43.9 Å². The predicted octanol–water partition coefficient (Wildman–Crippen LogP) is 4.39. The van der Waals surface area contributed by atoms with Crippen molar-refractivity contribution in [3.8, 4) is 5.75 Å². The number of halogens is 1. The number of aromatic nitrogens is 2. The molecule has 3 aromatic rings. The Labute approximate surface area is 191 Å². The van der Waals surface area contributed by atoms with E-state index in [2.05, 4.69) is 38.6 Å². The maximum atomic E-state index is 14.9. The summed E-state index contributed by atoms with van der Waals surface area (Å²) in [7, 11) is -4.18. The van der Waals surface area contributed by atoms with Gasteiger partial charge in [0.2, 0.25) is 5.03 Å². The SMILES string of the molecule is Cc1c(OC2CCN(C(C)c3ccccc3)CC2)cnc(S(=O)(=O)Nc2cscn2)c1F. The molecule has 10 heteroatoms. The second kappa shape index (κ2) is 9.51. The molecule has 0 amide bonds.